The Hall–Kier alpha value is -0.975. The van der Waals surface area contributed by atoms with Crippen LogP contribution in [0.2, 0.25) is 6.32 Å². The third kappa shape index (κ3) is 2.57. The van der Waals surface area contributed by atoms with Crippen LogP contribution in [-0.4, -0.2) is 7.85 Å². The van der Waals surface area contributed by atoms with E-state index in [4.69, 9.17) is 7.85 Å². The molecule has 0 aliphatic rings. The molecule has 2 radical (unpaired) electrons. The first-order valence-electron chi connectivity index (χ1n) is 4.28. The molecule has 0 aromatic heterocycles. The van der Waals surface area contributed by atoms with E-state index >= 15 is 0 Å². The zero-order valence-corrected chi connectivity index (χ0v) is 7.29. The van der Waals surface area contributed by atoms with Gasteiger partial charge in [-0.25, -0.2) is 0 Å². The molecule has 0 atom stereocenters. The Morgan fingerprint density at radius 3 is 2.42 bits per heavy atom. The van der Waals surface area contributed by atoms with Crippen LogP contribution >= 0.6 is 0 Å². The SMILES string of the molecule is [B]CCCc1ccc(C=C)cc1. The highest BCUT2D eigenvalue weighted by molar-refractivity contribution is 6.08. The fraction of sp³-hybridized carbons (Fsp3) is 0.273. The third-order valence-corrected chi connectivity index (χ3v) is 1.88. The predicted molar refractivity (Wildman–Crippen MR) is 55.4 cm³/mol. The lowest BCUT2D eigenvalue weighted by Crippen LogP contribution is -1.84. The van der Waals surface area contributed by atoms with Crippen molar-refractivity contribution in [3.63, 3.8) is 0 Å². The van der Waals surface area contributed by atoms with Gasteiger partial charge in [-0.05, 0) is 17.5 Å². The van der Waals surface area contributed by atoms with Gasteiger partial charge in [-0.15, -0.1) is 0 Å². The second-order valence-electron chi connectivity index (χ2n) is 2.84. The number of benzene rings is 1. The fourth-order valence-corrected chi connectivity index (χ4v) is 1.13. The molecule has 1 aromatic carbocycles. The maximum Gasteiger partial charge on any atom is 0.0653 e. The molecule has 0 heterocycles. The number of hydrogen-bond acceptors (Lipinski definition) is 0. The monoisotopic (exact) mass is 156 g/mol. The van der Waals surface area contributed by atoms with Crippen molar-refractivity contribution < 1.29 is 0 Å². The Balaban J connectivity index is 2.58. The normalized spacial score (nSPS) is 9.67. The van der Waals surface area contributed by atoms with Crippen molar-refractivity contribution in [3.8, 4) is 0 Å². The molecule has 0 nitrogen and oxygen atoms in total. The molecule has 0 unspecified atom stereocenters. The van der Waals surface area contributed by atoms with Gasteiger partial charge in [0, 0.05) is 0 Å². The molecular formula is C11H13B. The van der Waals surface area contributed by atoms with Gasteiger partial charge in [0.05, 0.1) is 7.85 Å². The second-order valence-corrected chi connectivity index (χ2v) is 2.84. The van der Waals surface area contributed by atoms with Crippen LogP contribution in [0.3, 0.4) is 0 Å². The molecule has 0 N–H and O–H groups in total. The van der Waals surface area contributed by atoms with Crippen LogP contribution < -0.4 is 0 Å². The Morgan fingerprint density at radius 1 is 1.25 bits per heavy atom. The van der Waals surface area contributed by atoms with Gasteiger partial charge in [0.2, 0.25) is 0 Å². The molecule has 0 amide bonds. The summed E-state index contributed by atoms with van der Waals surface area (Å²) in [5, 5.41) is 0. The standard InChI is InChI=1S/C11H13B/c1-2-10-5-7-11(8-6-10)4-3-9-12/h2,5-8H,1,3-4,9H2. The van der Waals surface area contributed by atoms with E-state index < -0.39 is 0 Å². The Labute approximate surface area is 75.7 Å². The van der Waals surface area contributed by atoms with E-state index in [1.54, 1.807) is 0 Å². The second kappa shape index (κ2) is 4.81. The van der Waals surface area contributed by atoms with E-state index in [9.17, 15) is 0 Å². The molecule has 0 spiro atoms. The molecular weight excluding hydrogens is 143 g/mol. The van der Waals surface area contributed by atoms with Crippen molar-refractivity contribution in [2.45, 2.75) is 19.2 Å². The molecule has 0 aliphatic heterocycles. The van der Waals surface area contributed by atoms with Crippen molar-refractivity contribution >= 4 is 13.9 Å². The quantitative estimate of drug-likeness (QED) is 0.588. The van der Waals surface area contributed by atoms with E-state index in [-0.39, 0.29) is 0 Å². The molecule has 0 fully saturated rings. The van der Waals surface area contributed by atoms with Gasteiger partial charge in [-0.2, -0.15) is 0 Å². The third-order valence-electron chi connectivity index (χ3n) is 1.88. The number of rotatable bonds is 4. The average Bonchev–Trinajstić information content (AvgIpc) is 2.15. The lowest BCUT2D eigenvalue weighted by atomic mass is 9.97. The molecule has 60 valence electrons. The van der Waals surface area contributed by atoms with Gasteiger partial charge < -0.3 is 0 Å². The number of hydrogen-bond donors (Lipinski definition) is 0. The lowest BCUT2D eigenvalue weighted by molar-refractivity contribution is 0.919. The smallest absolute Gasteiger partial charge is 0.0653 e. The van der Waals surface area contributed by atoms with Crippen molar-refractivity contribution in [2.75, 3.05) is 0 Å². The summed E-state index contributed by atoms with van der Waals surface area (Å²) < 4.78 is 0. The number of aryl methyl sites for hydroxylation is 1. The predicted octanol–water partition coefficient (Wildman–Crippen LogP) is 2.85. The van der Waals surface area contributed by atoms with Gasteiger partial charge in [-0.3, -0.25) is 0 Å². The molecule has 0 saturated carbocycles. The molecule has 0 saturated heterocycles. The van der Waals surface area contributed by atoms with E-state index in [1.165, 1.54) is 11.1 Å². The summed E-state index contributed by atoms with van der Waals surface area (Å²) >= 11 is 0. The van der Waals surface area contributed by atoms with Gasteiger partial charge in [0.15, 0.2) is 0 Å². The fourth-order valence-electron chi connectivity index (χ4n) is 1.13. The van der Waals surface area contributed by atoms with Gasteiger partial charge >= 0.3 is 0 Å². The van der Waals surface area contributed by atoms with Crippen LogP contribution in [-0.2, 0) is 6.42 Å². The van der Waals surface area contributed by atoms with Crippen molar-refractivity contribution in [2.24, 2.45) is 0 Å². The maximum absolute atomic E-state index is 5.42. The van der Waals surface area contributed by atoms with Gasteiger partial charge in [0.25, 0.3) is 0 Å². The summed E-state index contributed by atoms with van der Waals surface area (Å²) in [5.74, 6) is 0. The molecule has 1 heteroatoms. The largest absolute Gasteiger partial charge is 0.0985 e. The summed E-state index contributed by atoms with van der Waals surface area (Å²) in [6.45, 7) is 3.70. The minimum Gasteiger partial charge on any atom is -0.0985 e. The van der Waals surface area contributed by atoms with Gasteiger partial charge in [0.1, 0.15) is 0 Å². The maximum atomic E-state index is 5.42. The summed E-state index contributed by atoms with van der Waals surface area (Å²) in [4.78, 5) is 0. The van der Waals surface area contributed by atoms with Crippen LogP contribution in [0.1, 0.15) is 17.5 Å². The van der Waals surface area contributed by atoms with E-state index in [0.717, 1.165) is 19.2 Å². The van der Waals surface area contributed by atoms with Crippen molar-refractivity contribution in [1.29, 1.82) is 0 Å². The van der Waals surface area contributed by atoms with Gasteiger partial charge in [-0.1, -0.05) is 49.7 Å². The zero-order chi connectivity index (χ0) is 8.81. The summed E-state index contributed by atoms with van der Waals surface area (Å²) in [6, 6.07) is 8.43. The first-order valence-corrected chi connectivity index (χ1v) is 4.28. The van der Waals surface area contributed by atoms with Crippen LogP contribution in [0.15, 0.2) is 30.8 Å². The van der Waals surface area contributed by atoms with E-state index in [1.807, 2.05) is 6.08 Å². The first-order chi connectivity index (χ1) is 5.86. The van der Waals surface area contributed by atoms with Crippen LogP contribution in [0.25, 0.3) is 6.08 Å². The topological polar surface area (TPSA) is 0 Å². The molecule has 1 rings (SSSR count). The van der Waals surface area contributed by atoms with Crippen molar-refractivity contribution in [3.05, 3.63) is 42.0 Å². The minimum absolute atomic E-state index is 0.767. The Kier molecular flexibility index (Phi) is 3.66. The molecule has 0 bridgehead atoms. The van der Waals surface area contributed by atoms with Crippen LogP contribution in [0, 0.1) is 0 Å². The minimum atomic E-state index is 0.767. The van der Waals surface area contributed by atoms with Crippen LogP contribution in [0.4, 0.5) is 0 Å². The Morgan fingerprint density at radius 2 is 1.92 bits per heavy atom. The van der Waals surface area contributed by atoms with E-state index in [0.29, 0.717) is 0 Å². The van der Waals surface area contributed by atoms with Crippen molar-refractivity contribution in [1.82, 2.24) is 0 Å². The Bertz CT molecular complexity index is 236. The highest BCUT2D eigenvalue weighted by atomic mass is 14.0. The zero-order valence-electron chi connectivity index (χ0n) is 7.29. The average molecular weight is 156 g/mol. The molecule has 12 heavy (non-hydrogen) atoms. The summed E-state index contributed by atoms with van der Waals surface area (Å²) in [6.07, 6.45) is 4.76. The first kappa shape index (κ1) is 9.12. The lowest BCUT2D eigenvalue weighted by Gasteiger charge is -1.99. The van der Waals surface area contributed by atoms with Crippen LogP contribution in [0.5, 0.6) is 0 Å². The summed E-state index contributed by atoms with van der Waals surface area (Å²) in [7, 11) is 5.42. The summed E-state index contributed by atoms with van der Waals surface area (Å²) in [5.41, 5.74) is 2.53. The highest BCUT2D eigenvalue weighted by Gasteiger charge is 1.90. The highest BCUT2D eigenvalue weighted by Crippen LogP contribution is 2.07. The molecule has 0 aliphatic carbocycles. The van der Waals surface area contributed by atoms with E-state index in [2.05, 4.69) is 30.8 Å². The molecule has 1 aromatic rings.